The van der Waals surface area contributed by atoms with Crippen LogP contribution in [0.2, 0.25) is 0 Å². The number of ether oxygens (including phenoxy) is 1. The van der Waals surface area contributed by atoms with Crippen LogP contribution in [0.5, 0.6) is 0 Å². The quantitative estimate of drug-likeness (QED) is 0.534. The molecule has 0 bridgehead atoms. The van der Waals surface area contributed by atoms with Gasteiger partial charge < -0.3 is 4.74 Å². The van der Waals surface area contributed by atoms with Crippen molar-refractivity contribution in [3.63, 3.8) is 0 Å². The van der Waals surface area contributed by atoms with Gasteiger partial charge in [0.05, 0.1) is 10.8 Å². The molecule has 3 nitrogen and oxygen atoms in total. The predicted octanol–water partition coefficient (Wildman–Crippen LogP) is 5.13. The molecule has 0 aromatic rings. The standard InChI is InChI=1S/C19H34O3/c1-16(2,3)10-9-11-18(7)13-19(8,12-17(4,5)6)15(21)22-14(18)20/h9-13H2,1-8H3. The van der Waals surface area contributed by atoms with E-state index < -0.39 is 10.8 Å². The molecule has 0 spiro atoms. The molecule has 0 radical (unpaired) electrons. The van der Waals surface area contributed by atoms with Gasteiger partial charge in [-0.15, -0.1) is 0 Å². The Hall–Kier alpha value is -0.860. The summed E-state index contributed by atoms with van der Waals surface area (Å²) in [4.78, 5) is 24.6. The molecule has 0 saturated carbocycles. The summed E-state index contributed by atoms with van der Waals surface area (Å²) in [5.41, 5.74) is -0.818. The van der Waals surface area contributed by atoms with Crippen LogP contribution in [0.25, 0.3) is 0 Å². The van der Waals surface area contributed by atoms with E-state index in [4.69, 9.17) is 4.74 Å². The van der Waals surface area contributed by atoms with Crippen LogP contribution < -0.4 is 0 Å². The Morgan fingerprint density at radius 2 is 1.41 bits per heavy atom. The Kier molecular flexibility index (Phi) is 5.21. The Morgan fingerprint density at radius 1 is 0.909 bits per heavy atom. The van der Waals surface area contributed by atoms with E-state index in [2.05, 4.69) is 41.5 Å². The molecule has 1 saturated heterocycles. The first-order valence-electron chi connectivity index (χ1n) is 8.44. The second kappa shape index (κ2) is 5.98. The van der Waals surface area contributed by atoms with Crippen LogP contribution in [0.1, 0.15) is 87.5 Å². The zero-order valence-corrected chi connectivity index (χ0v) is 15.8. The van der Waals surface area contributed by atoms with Crippen molar-refractivity contribution in [3.05, 3.63) is 0 Å². The van der Waals surface area contributed by atoms with Crippen molar-refractivity contribution in [2.75, 3.05) is 0 Å². The van der Waals surface area contributed by atoms with Gasteiger partial charge in [0.1, 0.15) is 0 Å². The lowest BCUT2D eigenvalue weighted by Gasteiger charge is -2.43. The van der Waals surface area contributed by atoms with Gasteiger partial charge in [0.15, 0.2) is 0 Å². The summed E-state index contributed by atoms with van der Waals surface area (Å²) in [5.74, 6) is -0.682. The first-order chi connectivity index (χ1) is 9.67. The second-order valence-electron chi connectivity index (χ2n) is 10.1. The molecule has 3 heteroatoms. The molecule has 0 aliphatic carbocycles. The van der Waals surface area contributed by atoms with Crippen molar-refractivity contribution in [2.24, 2.45) is 21.7 Å². The van der Waals surface area contributed by atoms with Crippen molar-refractivity contribution in [2.45, 2.75) is 87.5 Å². The van der Waals surface area contributed by atoms with Gasteiger partial charge >= 0.3 is 11.9 Å². The number of rotatable bonds is 4. The summed E-state index contributed by atoms with van der Waals surface area (Å²) in [6, 6.07) is 0. The molecule has 128 valence electrons. The molecule has 1 aliphatic rings. The normalized spacial score (nSPS) is 30.4. The molecule has 1 aliphatic heterocycles. The molecular weight excluding hydrogens is 276 g/mol. The zero-order chi connectivity index (χ0) is 17.4. The van der Waals surface area contributed by atoms with Gasteiger partial charge in [-0.1, -0.05) is 48.0 Å². The van der Waals surface area contributed by atoms with Gasteiger partial charge in [0.2, 0.25) is 0 Å². The summed E-state index contributed by atoms with van der Waals surface area (Å²) in [5, 5.41) is 0. The van der Waals surface area contributed by atoms with E-state index in [-0.39, 0.29) is 22.8 Å². The Labute approximate surface area is 136 Å². The molecular formula is C19H34O3. The minimum Gasteiger partial charge on any atom is -0.392 e. The van der Waals surface area contributed by atoms with E-state index in [1.54, 1.807) is 0 Å². The number of hydrogen-bond donors (Lipinski definition) is 0. The summed E-state index contributed by atoms with van der Waals surface area (Å²) in [7, 11) is 0. The minimum atomic E-state index is -0.567. The van der Waals surface area contributed by atoms with Crippen molar-refractivity contribution < 1.29 is 14.3 Å². The highest BCUT2D eigenvalue weighted by atomic mass is 16.6. The zero-order valence-electron chi connectivity index (χ0n) is 15.8. The van der Waals surface area contributed by atoms with E-state index in [0.29, 0.717) is 6.42 Å². The first-order valence-corrected chi connectivity index (χ1v) is 8.44. The summed E-state index contributed by atoms with van der Waals surface area (Å²) in [6.45, 7) is 16.9. The third kappa shape index (κ3) is 5.10. The molecule has 1 fully saturated rings. The van der Waals surface area contributed by atoms with Gasteiger partial charge in [-0.2, -0.15) is 0 Å². The fourth-order valence-corrected chi connectivity index (χ4v) is 3.84. The maximum Gasteiger partial charge on any atom is 0.319 e. The molecule has 2 unspecified atom stereocenters. The van der Waals surface area contributed by atoms with E-state index in [9.17, 15) is 9.59 Å². The lowest BCUT2D eigenvalue weighted by molar-refractivity contribution is -0.187. The lowest BCUT2D eigenvalue weighted by Crippen LogP contribution is -2.49. The SMILES string of the molecule is CC(C)(C)CCCC1(C)CC(C)(CC(C)(C)C)C(=O)OC1=O. The van der Waals surface area contributed by atoms with Crippen LogP contribution >= 0.6 is 0 Å². The molecule has 0 amide bonds. The number of carbonyl (C=O) groups excluding carboxylic acids is 2. The fraction of sp³-hybridized carbons (Fsp3) is 0.895. The molecule has 22 heavy (non-hydrogen) atoms. The number of carbonyl (C=O) groups is 2. The maximum absolute atomic E-state index is 12.3. The summed E-state index contributed by atoms with van der Waals surface area (Å²) in [6.07, 6.45) is 4.17. The molecule has 1 rings (SSSR count). The molecule has 0 N–H and O–H groups in total. The van der Waals surface area contributed by atoms with Gasteiger partial charge in [-0.05, 0) is 50.4 Å². The molecule has 1 heterocycles. The van der Waals surface area contributed by atoms with Crippen molar-refractivity contribution in [3.8, 4) is 0 Å². The third-order valence-corrected chi connectivity index (χ3v) is 4.53. The Bertz CT molecular complexity index is 439. The molecule has 2 atom stereocenters. The van der Waals surface area contributed by atoms with Crippen molar-refractivity contribution >= 4 is 11.9 Å². The highest BCUT2D eigenvalue weighted by Gasteiger charge is 2.53. The predicted molar refractivity (Wildman–Crippen MR) is 89.3 cm³/mol. The van der Waals surface area contributed by atoms with E-state index in [1.165, 1.54) is 0 Å². The number of cyclic esters (lactones) is 2. The minimum absolute atomic E-state index is 0.0283. The van der Waals surface area contributed by atoms with Crippen LogP contribution in [0.15, 0.2) is 0 Å². The van der Waals surface area contributed by atoms with E-state index >= 15 is 0 Å². The highest BCUT2D eigenvalue weighted by Crippen LogP contribution is 2.49. The summed E-state index contributed by atoms with van der Waals surface area (Å²) >= 11 is 0. The molecule has 0 aromatic carbocycles. The average Bonchev–Trinajstić information content (AvgIpc) is 2.22. The van der Waals surface area contributed by atoms with Crippen LogP contribution in [-0.2, 0) is 14.3 Å². The number of esters is 2. The Balaban J connectivity index is 2.86. The van der Waals surface area contributed by atoms with Crippen LogP contribution in [-0.4, -0.2) is 11.9 Å². The second-order valence-corrected chi connectivity index (χ2v) is 10.1. The first kappa shape index (κ1) is 19.2. The van der Waals surface area contributed by atoms with Crippen LogP contribution in [0, 0.1) is 21.7 Å². The lowest BCUT2D eigenvalue weighted by atomic mass is 9.63. The smallest absolute Gasteiger partial charge is 0.319 e. The third-order valence-electron chi connectivity index (χ3n) is 4.53. The van der Waals surface area contributed by atoms with E-state index in [1.807, 2.05) is 13.8 Å². The van der Waals surface area contributed by atoms with Crippen LogP contribution in [0.3, 0.4) is 0 Å². The fourth-order valence-electron chi connectivity index (χ4n) is 3.84. The summed E-state index contributed by atoms with van der Waals surface area (Å²) < 4.78 is 5.17. The van der Waals surface area contributed by atoms with Crippen molar-refractivity contribution in [1.82, 2.24) is 0 Å². The van der Waals surface area contributed by atoms with Gasteiger partial charge in [0.25, 0.3) is 0 Å². The number of hydrogen-bond acceptors (Lipinski definition) is 3. The highest BCUT2D eigenvalue weighted by molar-refractivity contribution is 5.94. The van der Waals surface area contributed by atoms with Gasteiger partial charge in [-0.25, -0.2) is 0 Å². The largest absolute Gasteiger partial charge is 0.392 e. The monoisotopic (exact) mass is 310 g/mol. The Morgan fingerprint density at radius 3 is 1.86 bits per heavy atom. The van der Waals surface area contributed by atoms with Crippen LogP contribution in [0.4, 0.5) is 0 Å². The van der Waals surface area contributed by atoms with Crippen molar-refractivity contribution in [1.29, 1.82) is 0 Å². The van der Waals surface area contributed by atoms with E-state index in [0.717, 1.165) is 25.7 Å². The maximum atomic E-state index is 12.3. The molecule has 0 aromatic heterocycles. The van der Waals surface area contributed by atoms with Gasteiger partial charge in [0, 0.05) is 0 Å². The van der Waals surface area contributed by atoms with Gasteiger partial charge in [-0.3, -0.25) is 9.59 Å². The average molecular weight is 310 g/mol. The topological polar surface area (TPSA) is 43.4 Å².